The third kappa shape index (κ3) is 4.17. The molecule has 0 spiro atoms. The summed E-state index contributed by atoms with van der Waals surface area (Å²) in [6, 6.07) is 7.94. The lowest BCUT2D eigenvalue weighted by Gasteiger charge is -2.10. The summed E-state index contributed by atoms with van der Waals surface area (Å²) in [5.74, 6) is 1.79. The Morgan fingerprint density at radius 1 is 1.42 bits per heavy atom. The average molecular weight is 261 g/mol. The number of hydrogen-bond donors (Lipinski definition) is 4. The molecule has 1 aliphatic heterocycles. The van der Waals surface area contributed by atoms with Gasteiger partial charge in [0.25, 0.3) is 0 Å². The fourth-order valence-electron chi connectivity index (χ4n) is 1.77. The van der Waals surface area contributed by atoms with E-state index in [2.05, 4.69) is 20.9 Å². The molecule has 1 aliphatic rings. The molecule has 0 amide bonds. The number of aliphatic imine (C=N–C) groups is 1. The van der Waals surface area contributed by atoms with E-state index in [9.17, 15) is 0 Å². The molecule has 0 saturated carbocycles. The van der Waals surface area contributed by atoms with Crippen LogP contribution in [-0.2, 0) is 6.42 Å². The molecule has 102 valence electrons. The molecule has 0 bridgehead atoms. The van der Waals surface area contributed by atoms with Crippen LogP contribution in [-0.4, -0.2) is 38.7 Å². The molecule has 0 atom stereocenters. The van der Waals surface area contributed by atoms with Gasteiger partial charge < -0.3 is 15.4 Å². The van der Waals surface area contributed by atoms with Gasteiger partial charge in [-0.05, 0) is 24.1 Å². The minimum Gasteiger partial charge on any atom is -0.497 e. The maximum atomic E-state index is 7.72. The molecule has 0 unspecified atom stereocenters. The van der Waals surface area contributed by atoms with Crippen LogP contribution in [0.2, 0.25) is 0 Å². The van der Waals surface area contributed by atoms with E-state index < -0.39 is 0 Å². The smallest absolute Gasteiger partial charge is 0.198 e. The third-order valence-corrected chi connectivity index (χ3v) is 2.79. The van der Waals surface area contributed by atoms with E-state index in [4.69, 9.17) is 10.1 Å². The molecule has 0 radical (unpaired) electrons. The summed E-state index contributed by atoms with van der Waals surface area (Å²) in [4.78, 5) is 4.16. The van der Waals surface area contributed by atoms with Crippen LogP contribution >= 0.6 is 0 Å². The first-order chi connectivity index (χ1) is 9.28. The number of benzene rings is 1. The van der Waals surface area contributed by atoms with E-state index in [0.29, 0.717) is 12.5 Å². The monoisotopic (exact) mass is 261 g/mol. The quantitative estimate of drug-likeness (QED) is 0.464. The Labute approximate surface area is 112 Å². The Hall–Kier alpha value is -2.24. The van der Waals surface area contributed by atoms with Crippen molar-refractivity contribution in [1.29, 1.82) is 5.41 Å². The molecular weight excluding hydrogens is 242 g/mol. The lowest BCUT2D eigenvalue weighted by atomic mass is 10.1. The number of hydrogen-bond acceptors (Lipinski definition) is 4. The van der Waals surface area contributed by atoms with Crippen molar-refractivity contribution in [2.45, 2.75) is 6.42 Å². The van der Waals surface area contributed by atoms with Gasteiger partial charge >= 0.3 is 0 Å². The van der Waals surface area contributed by atoms with Crippen molar-refractivity contribution in [3.63, 3.8) is 0 Å². The summed E-state index contributed by atoms with van der Waals surface area (Å²) < 4.78 is 5.11. The van der Waals surface area contributed by atoms with Gasteiger partial charge in [-0.3, -0.25) is 15.7 Å². The van der Waals surface area contributed by atoms with Crippen molar-refractivity contribution in [1.82, 2.24) is 16.0 Å². The first kappa shape index (κ1) is 13.2. The third-order valence-electron chi connectivity index (χ3n) is 2.79. The van der Waals surface area contributed by atoms with Crippen molar-refractivity contribution >= 4 is 11.9 Å². The van der Waals surface area contributed by atoms with Crippen molar-refractivity contribution < 1.29 is 4.74 Å². The molecular formula is C13H19N5O. The summed E-state index contributed by atoms with van der Waals surface area (Å²) in [5.41, 5.74) is 1.21. The zero-order valence-corrected chi connectivity index (χ0v) is 11.0. The lowest BCUT2D eigenvalue weighted by Crippen LogP contribution is -2.45. The molecule has 6 nitrogen and oxygen atoms in total. The topological polar surface area (TPSA) is 81.5 Å². The molecule has 0 saturated heterocycles. The molecule has 0 aliphatic carbocycles. The molecule has 0 fully saturated rings. The van der Waals surface area contributed by atoms with Crippen molar-refractivity contribution in [3.05, 3.63) is 29.8 Å². The van der Waals surface area contributed by atoms with Crippen LogP contribution in [0, 0.1) is 5.41 Å². The van der Waals surface area contributed by atoms with E-state index in [1.807, 2.05) is 24.3 Å². The lowest BCUT2D eigenvalue weighted by molar-refractivity contribution is 0.414. The van der Waals surface area contributed by atoms with Crippen LogP contribution in [0.3, 0.4) is 0 Å². The molecule has 1 heterocycles. The SMILES string of the molecule is COc1ccc(CCNC(=N)NC2=NCCN2)cc1. The zero-order chi connectivity index (χ0) is 13.5. The molecule has 1 aromatic carbocycles. The highest BCUT2D eigenvalue weighted by molar-refractivity contribution is 5.97. The van der Waals surface area contributed by atoms with Crippen LogP contribution in [0.5, 0.6) is 5.75 Å². The predicted octanol–water partition coefficient (Wildman–Crippen LogP) is 0.311. The first-order valence-corrected chi connectivity index (χ1v) is 6.28. The maximum absolute atomic E-state index is 7.72. The maximum Gasteiger partial charge on any atom is 0.198 e. The Kier molecular flexibility index (Phi) is 4.60. The van der Waals surface area contributed by atoms with Crippen molar-refractivity contribution in [2.75, 3.05) is 26.7 Å². The van der Waals surface area contributed by atoms with Crippen LogP contribution in [0.25, 0.3) is 0 Å². The van der Waals surface area contributed by atoms with Gasteiger partial charge in [0.2, 0.25) is 0 Å². The number of guanidine groups is 2. The molecule has 0 aromatic heterocycles. The summed E-state index contributed by atoms with van der Waals surface area (Å²) >= 11 is 0. The molecule has 4 N–H and O–H groups in total. The zero-order valence-electron chi connectivity index (χ0n) is 11.0. The molecule has 6 heteroatoms. The van der Waals surface area contributed by atoms with Gasteiger partial charge in [0.1, 0.15) is 5.75 Å². The van der Waals surface area contributed by atoms with Gasteiger partial charge in [0.15, 0.2) is 11.9 Å². The van der Waals surface area contributed by atoms with E-state index in [0.717, 1.165) is 25.3 Å². The standard InChI is InChI=1S/C13H19N5O/c1-19-11-4-2-10(3-5-11)6-7-15-12(14)18-13-16-8-9-17-13/h2-5H,6-9H2,1H3,(H4,14,15,16,17,18). The summed E-state index contributed by atoms with van der Waals surface area (Å²) in [6.45, 7) is 2.30. The van der Waals surface area contributed by atoms with Crippen LogP contribution < -0.4 is 20.7 Å². The second kappa shape index (κ2) is 6.63. The number of rotatable bonds is 4. The van der Waals surface area contributed by atoms with E-state index >= 15 is 0 Å². The van der Waals surface area contributed by atoms with Gasteiger partial charge in [-0.15, -0.1) is 0 Å². The minimum absolute atomic E-state index is 0.265. The van der Waals surface area contributed by atoms with Crippen LogP contribution in [0.4, 0.5) is 0 Å². The Morgan fingerprint density at radius 2 is 2.21 bits per heavy atom. The second-order valence-corrected chi connectivity index (χ2v) is 4.18. The Balaban J connectivity index is 1.68. The fraction of sp³-hybridized carbons (Fsp3) is 0.385. The number of nitrogens with zero attached hydrogens (tertiary/aromatic N) is 1. The number of methoxy groups -OCH3 is 1. The Morgan fingerprint density at radius 3 is 2.84 bits per heavy atom. The highest BCUT2D eigenvalue weighted by Crippen LogP contribution is 2.11. The fourth-order valence-corrected chi connectivity index (χ4v) is 1.77. The predicted molar refractivity (Wildman–Crippen MR) is 75.9 cm³/mol. The normalized spacial score (nSPS) is 13.4. The molecule has 1 aromatic rings. The highest BCUT2D eigenvalue weighted by Gasteiger charge is 2.05. The number of ether oxygens (including phenoxy) is 1. The largest absolute Gasteiger partial charge is 0.497 e. The number of nitrogens with one attached hydrogen (secondary N) is 4. The minimum atomic E-state index is 0.265. The van der Waals surface area contributed by atoms with Gasteiger partial charge in [0.05, 0.1) is 13.7 Å². The van der Waals surface area contributed by atoms with Gasteiger partial charge in [-0.2, -0.15) is 0 Å². The van der Waals surface area contributed by atoms with E-state index in [1.165, 1.54) is 5.56 Å². The molecule has 2 rings (SSSR count). The highest BCUT2D eigenvalue weighted by atomic mass is 16.5. The van der Waals surface area contributed by atoms with Gasteiger partial charge in [-0.25, -0.2) is 0 Å². The van der Waals surface area contributed by atoms with Crippen molar-refractivity contribution in [2.24, 2.45) is 4.99 Å². The van der Waals surface area contributed by atoms with Crippen LogP contribution in [0.15, 0.2) is 29.3 Å². The summed E-state index contributed by atoms with van der Waals surface area (Å²) in [7, 11) is 1.66. The van der Waals surface area contributed by atoms with E-state index in [-0.39, 0.29) is 5.96 Å². The Bertz CT molecular complexity index is 455. The van der Waals surface area contributed by atoms with Gasteiger partial charge in [-0.1, -0.05) is 12.1 Å². The summed E-state index contributed by atoms with van der Waals surface area (Å²) in [6.07, 6.45) is 0.855. The van der Waals surface area contributed by atoms with Crippen molar-refractivity contribution in [3.8, 4) is 5.75 Å². The second-order valence-electron chi connectivity index (χ2n) is 4.18. The first-order valence-electron chi connectivity index (χ1n) is 6.28. The average Bonchev–Trinajstić information content (AvgIpc) is 2.92. The molecule has 19 heavy (non-hydrogen) atoms. The van der Waals surface area contributed by atoms with Gasteiger partial charge in [0, 0.05) is 13.1 Å². The summed E-state index contributed by atoms with van der Waals surface area (Å²) in [5, 5.41) is 16.7. The van der Waals surface area contributed by atoms with E-state index in [1.54, 1.807) is 7.11 Å². The van der Waals surface area contributed by atoms with Crippen LogP contribution in [0.1, 0.15) is 5.56 Å².